The minimum Gasteiger partial charge on any atom is -0.384 e. The summed E-state index contributed by atoms with van der Waals surface area (Å²) in [7, 11) is 0. The van der Waals surface area contributed by atoms with E-state index in [1.165, 1.54) is 11.6 Å². The van der Waals surface area contributed by atoms with Crippen molar-refractivity contribution < 1.29 is 9.18 Å². The zero-order valence-corrected chi connectivity index (χ0v) is 13.4. The normalized spacial score (nSPS) is 13.8. The van der Waals surface area contributed by atoms with E-state index in [1.54, 1.807) is 6.07 Å². The highest BCUT2D eigenvalue weighted by atomic mass is 19.1. The molecule has 3 nitrogen and oxygen atoms in total. The van der Waals surface area contributed by atoms with E-state index in [1.807, 2.05) is 6.07 Å². The molecule has 1 aliphatic carbocycles. The van der Waals surface area contributed by atoms with Gasteiger partial charge < -0.3 is 10.1 Å². The number of fused-ring (bicyclic) bond motifs is 2. The van der Waals surface area contributed by atoms with Gasteiger partial charge in [0, 0.05) is 18.7 Å². The molecule has 4 heteroatoms. The summed E-state index contributed by atoms with van der Waals surface area (Å²) in [5.41, 5.74) is 4.01. The van der Waals surface area contributed by atoms with E-state index in [4.69, 9.17) is 0 Å². The quantitative estimate of drug-likeness (QED) is 0.607. The average molecular weight is 314 g/mol. The summed E-state index contributed by atoms with van der Waals surface area (Å²) in [6, 6.07) is 5.13. The monoisotopic (exact) mass is 314 g/mol. The van der Waals surface area contributed by atoms with Crippen LogP contribution in [-0.2, 0) is 17.6 Å². The fraction of sp³-hybridized carbons (Fsp3) is 0.474. The van der Waals surface area contributed by atoms with Crippen LogP contribution in [0.2, 0.25) is 0 Å². The van der Waals surface area contributed by atoms with Crippen molar-refractivity contribution in [3.8, 4) is 0 Å². The summed E-state index contributed by atoms with van der Waals surface area (Å²) in [6.45, 7) is 0.804. The van der Waals surface area contributed by atoms with Crippen molar-refractivity contribution >= 4 is 22.9 Å². The summed E-state index contributed by atoms with van der Waals surface area (Å²) in [4.78, 5) is 15.0. The molecule has 1 heterocycles. The number of aromatic nitrogens is 1. The molecular formula is C19H23FN2O. The van der Waals surface area contributed by atoms with E-state index >= 15 is 0 Å². The van der Waals surface area contributed by atoms with Crippen molar-refractivity contribution in [2.24, 2.45) is 0 Å². The molecule has 0 fully saturated rings. The molecule has 3 rings (SSSR count). The Hall–Kier alpha value is -1.97. The Bertz CT molecular complexity index is 699. The lowest BCUT2D eigenvalue weighted by Crippen LogP contribution is -2.12. The van der Waals surface area contributed by atoms with Crippen LogP contribution in [0, 0.1) is 5.82 Å². The summed E-state index contributed by atoms with van der Waals surface area (Å²) >= 11 is 0. The van der Waals surface area contributed by atoms with Crippen molar-refractivity contribution in [1.29, 1.82) is 0 Å². The van der Waals surface area contributed by atoms with Gasteiger partial charge in [0.2, 0.25) is 0 Å². The number of aldehydes is 1. The Balaban J connectivity index is 1.85. The number of pyridine rings is 1. The SMILES string of the molecule is O=CCCCCCNc1c2c(nc3cccc(F)c13)CCCC2. The first-order valence-electron chi connectivity index (χ1n) is 8.58. The van der Waals surface area contributed by atoms with Gasteiger partial charge in [-0.3, -0.25) is 4.98 Å². The molecule has 23 heavy (non-hydrogen) atoms. The fourth-order valence-electron chi connectivity index (χ4n) is 3.37. The number of rotatable bonds is 7. The van der Waals surface area contributed by atoms with Gasteiger partial charge in [-0.05, 0) is 56.2 Å². The molecule has 0 saturated carbocycles. The maximum absolute atomic E-state index is 14.4. The van der Waals surface area contributed by atoms with Crippen LogP contribution in [-0.4, -0.2) is 17.8 Å². The van der Waals surface area contributed by atoms with Gasteiger partial charge in [-0.1, -0.05) is 12.5 Å². The van der Waals surface area contributed by atoms with Gasteiger partial charge in [0.05, 0.1) is 16.6 Å². The Morgan fingerprint density at radius 3 is 2.91 bits per heavy atom. The van der Waals surface area contributed by atoms with Gasteiger partial charge >= 0.3 is 0 Å². The number of hydrogen-bond acceptors (Lipinski definition) is 3. The number of benzene rings is 1. The molecule has 0 unspecified atom stereocenters. The number of carbonyl (C=O) groups excluding carboxylic acids is 1. The Morgan fingerprint density at radius 1 is 1.17 bits per heavy atom. The van der Waals surface area contributed by atoms with Crippen LogP contribution in [0.1, 0.15) is 49.8 Å². The molecule has 0 amide bonds. The predicted molar refractivity (Wildman–Crippen MR) is 91.4 cm³/mol. The molecule has 0 bridgehead atoms. The standard InChI is InChI=1S/C19H23FN2O/c20-15-9-7-11-17-18(15)19(21-12-5-1-2-6-13-23)14-8-3-4-10-16(14)22-17/h7,9,11,13H,1-6,8,10,12H2,(H,21,22). The second-order valence-electron chi connectivity index (χ2n) is 6.20. The highest BCUT2D eigenvalue weighted by molar-refractivity contribution is 5.94. The van der Waals surface area contributed by atoms with Crippen molar-refractivity contribution in [3.63, 3.8) is 0 Å². The zero-order chi connectivity index (χ0) is 16.1. The van der Waals surface area contributed by atoms with Gasteiger partial charge in [0.15, 0.2) is 0 Å². The topological polar surface area (TPSA) is 42.0 Å². The van der Waals surface area contributed by atoms with Crippen LogP contribution < -0.4 is 5.32 Å². The van der Waals surface area contributed by atoms with E-state index in [2.05, 4.69) is 10.3 Å². The first kappa shape index (κ1) is 15.9. The lowest BCUT2D eigenvalue weighted by Gasteiger charge is -2.22. The van der Waals surface area contributed by atoms with Crippen LogP contribution in [0.4, 0.5) is 10.1 Å². The van der Waals surface area contributed by atoms with Crippen molar-refractivity contribution in [2.45, 2.75) is 51.4 Å². The number of nitrogens with one attached hydrogen (secondary N) is 1. The zero-order valence-electron chi connectivity index (χ0n) is 13.4. The third-order valence-corrected chi connectivity index (χ3v) is 4.54. The molecule has 1 aliphatic rings. The molecule has 0 atom stereocenters. The molecule has 0 saturated heterocycles. The molecule has 2 aromatic rings. The molecule has 122 valence electrons. The van der Waals surface area contributed by atoms with Crippen molar-refractivity contribution in [3.05, 3.63) is 35.3 Å². The summed E-state index contributed by atoms with van der Waals surface area (Å²) in [6.07, 6.45) is 8.78. The third-order valence-electron chi connectivity index (χ3n) is 4.54. The van der Waals surface area contributed by atoms with E-state index in [0.717, 1.165) is 74.7 Å². The van der Waals surface area contributed by atoms with Crippen LogP contribution in [0.3, 0.4) is 0 Å². The van der Waals surface area contributed by atoms with Crippen LogP contribution >= 0.6 is 0 Å². The van der Waals surface area contributed by atoms with Crippen molar-refractivity contribution in [1.82, 2.24) is 4.98 Å². The first-order valence-corrected chi connectivity index (χ1v) is 8.58. The van der Waals surface area contributed by atoms with Crippen LogP contribution in [0.15, 0.2) is 18.2 Å². The summed E-state index contributed by atoms with van der Waals surface area (Å²) in [5, 5.41) is 4.09. The molecule has 0 aliphatic heterocycles. The maximum Gasteiger partial charge on any atom is 0.134 e. The largest absolute Gasteiger partial charge is 0.384 e. The Labute approximate surface area is 136 Å². The molecular weight excluding hydrogens is 291 g/mol. The highest BCUT2D eigenvalue weighted by Crippen LogP contribution is 2.34. The van der Waals surface area contributed by atoms with Crippen LogP contribution in [0.25, 0.3) is 10.9 Å². The Kier molecular flexibility index (Phi) is 5.21. The summed E-state index contributed by atoms with van der Waals surface area (Å²) < 4.78 is 14.4. The van der Waals surface area contributed by atoms with Gasteiger partial charge in [-0.2, -0.15) is 0 Å². The number of aryl methyl sites for hydroxylation is 1. The lowest BCUT2D eigenvalue weighted by atomic mass is 9.92. The van der Waals surface area contributed by atoms with E-state index in [-0.39, 0.29) is 5.82 Å². The van der Waals surface area contributed by atoms with Gasteiger partial charge in [0.25, 0.3) is 0 Å². The molecule has 0 spiro atoms. The number of hydrogen-bond donors (Lipinski definition) is 1. The summed E-state index contributed by atoms with van der Waals surface area (Å²) in [5.74, 6) is -0.202. The maximum atomic E-state index is 14.4. The van der Waals surface area contributed by atoms with E-state index < -0.39 is 0 Å². The number of halogens is 1. The minimum atomic E-state index is -0.202. The van der Waals surface area contributed by atoms with Crippen LogP contribution in [0.5, 0.6) is 0 Å². The smallest absolute Gasteiger partial charge is 0.134 e. The number of carbonyl (C=O) groups is 1. The lowest BCUT2D eigenvalue weighted by molar-refractivity contribution is -0.107. The number of nitrogens with zero attached hydrogens (tertiary/aromatic N) is 1. The third kappa shape index (κ3) is 3.52. The molecule has 1 aromatic heterocycles. The predicted octanol–water partition coefficient (Wildman–Crippen LogP) is 4.42. The second-order valence-corrected chi connectivity index (χ2v) is 6.20. The fourth-order valence-corrected chi connectivity index (χ4v) is 3.37. The Morgan fingerprint density at radius 2 is 2.04 bits per heavy atom. The van der Waals surface area contributed by atoms with Gasteiger partial charge in [-0.25, -0.2) is 4.39 Å². The van der Waals surface area contributed by atoms with E-state index in [9.17, 15) is 9.18 Å². The van der Waals surface area contributed by atoms with Crippen molar-refractivity contribution in [2.75, 3.05) is 11.9 Å². The highest BCUT2D eigenvalue weighted by Gasteiger charge is 2.19. The van der Waals surface area contributed by atoms with E-state index in [0.29, 0.717) is 11.8 Å². The molecule has 0 radical (unpaired) electrons. The first-order chi connectivity index (χ1) is 11.3. The second kappa shape index (κ2) is 7.53. The number of anilines is 1. The van der Waals surface area contributed by atoms with Gasteiger partial charge in [0.1, 0.15) is 12.1 Å². The molecule has 1 aromatic carbocycles. The number of unbranched alkanes of at least 4 members (excludes halogenated alkanes) is 3. The molecule has 1 N–H and O–H groups in total. The van der Waals surface area contributed by atoms with Gasteiger partial charge in [-0.15, -0.1) is 0 Å². The minimum absolute atomic E-state index is 0.202. The average Bonchev–Trinajstić information content (AvgIpc) is 2.57.